The molecule has 6 N–H and O–H groups in total. The molecule has 4 aromatic rings. The summed E-state index contributed by atoms with van der Waals surface area (Å²) < 4.78 is 11.7. The molecule has 3 atom stereocenters. The van der Waals surface area contributed by atoms with E-state index in [2.05, 4.69) is 31.9 Å². The molecule has 0 radical (unpaired) electrons. The quantitative estimate of drug-likeness (QED) is 0.0624. The van der Waals surface area contributed by atoms with E-state index in [1.807, 2.05) is 83.1 Å². The first-order valence-electron chi connectivity index (χ1n) is 23.3. The van der Waals surface area contributed by atoms with Gasteiger partial charge in [-0.15, -0.1) is 0 Å². The van der Waals surface area contributed by atoms with Crippen molar-refractivity contribution in [2.45, 2.75) is 83.5 Å². The summed E-state index contributed by atoms with van der Waals surface area (Å²) in [5.41, 5.74) is 5.14. The van der Waals surface area contributed by atoms with Gasteiger partial charge in [0.1, 0.15) is 36.1 Å². The lowest BCUT2D eigenvalue weighted by atomic mass is 9.98. The Balaban J connectivity index is 1.05. The lowest BCUT2D eigenvalue weighted by molar-refractivity contribution is -0.137. The number of amides is 8. The molecule has 4 aromatic carbocycles. The topological polar surface area (TPSA) is 230 Å². The summed E-state index contributed by atoms with van der Waals surface area (Å²) >= 11 is 0. The van der Waals surface area contributed by atoms with Crippen LogP contribution in [0.25, 0.3) is 11.1 Å². The van der Waals surface area contributed by atoms with Gasteiger partial charge in [-0.3, -0.25) is 38.5 Å². The Morgan fingerprint density at radius 1 is 0.600 bits per heavy atom. The summed E-state index contributed by atoms with van der Waals surface area (Å²) in [6.07, 6.45) is 1.81. The van der Waals surface area contributed by atoms with Crippen LogP contribution < -0.4 is 36.6 Å². The molecule has 0 spiro atoms. The number of nitrogens with zero attached hydrogens (tertiary/aromatic N) is 1. The van der Waals surface area contributed by atoms with Gasteiger partial charge >= 0.3 is 6.09 Å². The molecule has 0 saturated carbocycles. The standard InChI is InChI=1S/C53H61N7O10/c1-33(2)27-42(49(65)54-25-26-60-47(63)23-24-48(60)64)58-51(67)44(28-34-13-7-6-8-14-34)57-46(62)31-55-45(61)30-56-50(66)43(29-35-19-21-36(22-20-35)70-53(3,4)5)59-52(68)69-32-41-39-17-11-9-15-37(39)38-16-10-12-18-40(38)41/h6-24,33,41-44H,25-32H2,1-5H3,(H,54,65)(H,55,61)(H,56,66)(H,57,62)(H,58,67)(H,59,68)/t42-,43-,44-/m0/s1. The number of ether oxygens (including phenoxy) is 2. The number of benzene rings is 4. The number of hydrogen-bond acceptors (Lipinski definition) is 10. The Hall–Kier alpha value is -7.82. The minimum absolute atomic E-state index is 0.0184. The second kappa shape index (κ2) is 24.0. The summed E-state index contributed by atoms with van der Waals surface area (Å²) in [6.45, 7) is 8.33. The minimum atomic E-state index is -1.17. The number of hydrogen-bond donors (Lipinski definition) is 6. The highest BCUT2D eigenvalue weighted by molar-refractivity contribution is 6.12. The average molecular weight is 956 g/mol. The van der Waals surface area contributed by atoms with Crippen LogP contribution in [-0.4, -0.2) is 109 Å². The first-order chi connectivity index (χ1) is 33.4. The van der Waals surface area contributed by atoms with Crippen LogP contribution in [0.3, 0.4) is 0 Å². The summed E-state index contributed by atoms with van der Waals surface area (Å²) in [5.74, 6) is -3.91. The third kappa shape index (κ3) is 14.8. The highest BCUT2D eigenvalue weighted by Crippen LogP contribution is 2.44. The molecule has 1 aliphatic carbocycles. The minimum Gasteiger partial charge on any atom is -0.488 e. The summed E-state index contributed by atoms with van der Waals surface area (Å²) in [6, 6.07) is 28.5. The van der Waals surface area contributed by atoms with E-state index in [9.17, 15) is 38.4 Å². The zero-order chi connectivity index (χ0) is 50.4. The molecule has 0 unspecified atom stereocenters. The van der Waals surface area contributed by atoms with Gasteiger partial charge in [0.05, 0.1) is 13.1 Å². The van der Waals surface area contributed by atoms with Gasteiger partial charge in [0, 0.05) is 44.0 Å². The van der Waals surface area contributed by atoms with Gasteiger partial charge in [-0.05, 0) is 78.6 Å². The molecule has 0 aromatic heterocycles. The van der Waals surface area contributed by atoms with Crippen LogP contribution in [0.1, 0.15) is 69.2 Å². The van der Waals surface area contributed by atoms with Gasteiger partial charge in [-0.2, -0.15) is 0 Å². The molecule has 368 valence electrons. The molecule has 6 rings (SSSR count). The average Bonchev–Trinajstić information content (AvgIpc) is 3.82. The molecule has 70 heavy (non-hydrogen) atoms. The van der Waals surface area contributed by atoms with E-state index in [4.69, 9.17) is 9.47 Å². The van der Waals surface area contributed by atoms with E-state index in [-0.39, 0.29) is 50.8 Å². The number of rotatable bonds is 22. The fraction of sp³-hybridized carbons (Fsp3) is 0.358. The fourth-order valence-corrected chi connectivity index (χ4v) is 8.15. The molecule has 0 bridgehead atoms. The Morgan fingerprint density at radius 3 is 1.74 bits per heavy atom. The monoisotopic (exact) mass is 955 g/mol. The first-order valence-corrected chi connectivity index (χ1v) is 23.3. The van der Waals surface area contributed by atoms with Crippen LogP contribution in [-0.2, 0) is 51.1 Å². The van der Waals surface area contributed by atoms with Crippen LogP contribution in [0.5, 0.6) is 5.75 Å². The van der Waals surface area contributed by atoms with Gasteiger partial charge in [0.25, 0.3) is 11.8 Å². The van der Waals surface area contributed by atoms with Crippen molar-refractivity contribution < 1.29 is 47.8 Å². The van der Waals surface area contributed by atoms with Crippen molar-refractivity contribution >= 4 is 47.4 Å². The van der Waals surface area contributed by atoms with Crippen molar-refractivity contribution in [3.63, 3.8) is 0 Å². The Kier molecular flexibility index (Phi) is 17.6. The predicted molar refractivity (Wildman–Crippen MR) is 261 cm³/mol. The van der Waals surface area contributed by atoms with Gasteiger partial charge < -0.3 is 41.4 Å². The Labute approximate surface area is 407 Å². The van der Waals surface area contributed by atoms with Crippen molar-refractivity contribution in [3.05, 3.63) is 138 Å². The maximum atomic E-state index is 13.8. The van der Waals surface area contributed by atoms with Gasteiger partial charge in [0.2, 0.25) is 29.5 Å². The number of carbonyl (C=O) groups excluding carboxylic acids is 8. The number of fused-ring (bicyclic) bond motifs is 3. The predicted octanol–water partition coefficient (Wildman–Crippen LogP) is 3.85. The largest absolute Gasteiger partial charge is 0.488 e. The van der Waals surface area contributed by atoms with Crippen molar-refractivity contribution in [1.29, 1.82) is 0 Å². The van der Waals surface area contributed by atoms with Crippen molar-refractivity contribution in [3.8, 4) is 16.9 Å². The highest BCUT2D eigenvalue weighted by Gasteiger charge is 2.32. The smallest absolute Gasteiger partial charge is 0.407 e. The molecule has 8 amide bonds. The molecule has 0 saturated heterocycles. The van der Waals surface area contributed by atoms with Gasteiger partial charge in [-0.1, -0.05) is 105 Å². The maximum absolute atomic E-state index is 13.8. The third-order valence-corrected chi connectivity index (χ3v) is 11.4. The number of nitrogens with one attached hydrogen (secondary N) is 6. The number of imide groups is 1. The second-order valence-electron chi connectivity index (χ2n) is 18.5. The van der Waals surface area contributed by atoms with Gasteiger partial charge in [0.15, 0.2) is 0 Å². The van der Waals surface area contributed by atoms with Crippen molar-refractivity contribution in [1.82, 2.24) is 36.8 Å². The molecule has 1 aliphatic heterocycles. The van der Waals surface area contributed by atoms with Crippen LogP contribution in [0, 0.1) is 5.92 Å². The number of alkyl carbamates (subject to hydrolysis) is 1. The molecule has 1 heterocycles. The third-order valence-electron chi connectivity index (χ3n) is 11.4. The van der Waals surface area contributed by atoms with E-state index in [1.54, 1.807) is 54.6 Å². The molecule has 17 heteroatoms. The lowest BCUT2D eigenvalue weighted by Gasteiger charge is -2.25. The highest BCUT2D eigenvalue weighted by atomic mass is 16.5. The van der Waals surface area contributed by atoms with Crippen LogP contribution in [0.15, 0.2) is 115 Å². The Morgan fingerprint density at radius 2 is 1.14 bits per heavy atom. The number of carbonyl (C=O) groups is 8. The summed E-state index contributed by atoms with van der Waals surface area (Å²) in [5, 5.41) is 15.8. The summed E-state index contributed by atoms with van der Waals surface area (Å²) in [4.78, 5) is 106. The van der Waals surface area contributed by atoms with E-state index in [0.29, 0.717) is 16.9 Å². The van der Waals surface area contributed by atoms with Crippen molar-refractivity contribution in [2.24, 2.45) is 5.92 Å². The van der Waals surface area contributed by atoms with Gasteiger partial charge in [-0.25, -0.2) is 4.79 Å². The fourth-order valence-electron chi connectivity index (χ4n) is 8.15. The molecule has 17 nitrogen and oxygen atoms in total. The van der Waals surface area contributed by atoms with E-state index < -0.39 is 84.3 Å². The Bertz CT molecular complexity index is 2510. The second-order valence-corrected chi connectivity index (χ2v) is 18.5. The van der Waals surface area contributed by atoms with E-state index in [0.717, 1.165) is 39.3 Å². The first kappa shape index (κ1) is 51.6. The van der Waals surface area contributed by atoms with Crippen molar-refractivity contribution in [2.75, 3.05) is 32.8 Å². The molecule has 0 fully saturated rings. The molecule has 2 aliphatic rings. The van der Waals surface area contributed by atoms with Crippen LogP contribution in [0.4, 0.5) is 4.79 Å². The molecular formula is C53H61N7O10. The molecular weight excluding hydrogens is 895 g/mol. The zero-order valence-electron chi connectivity index (χ0n) is 40.0. The SMILES string of the molecule is CC(C)C[C@H](NC(=O)[C@H](Cc1ccccc1)NC(=O)CNC(=O)CNC(=O)[C@H](Cc1ccc(OC(C)(C)C)cc1)NC(=O)OCC1c2ccccc2-c2ccccc21)C(=O)NCCN1C(=O)C=CC1=O. The summed E-state index contributed by atoms with van der Waals surface area (Å²) in [7, 11) is 0. The van der Waals surface area contributed by atoms with E-state index >= 15 is 0 Å². The van der Waals surface area contributed by atoms with E-state index in [1.165, 1.54) is 0 Å². The van der Waals surface area contributed by atoms with Crippen LogP contribution >= 0.6 is 0 Å². The zero-order valence-corrected chi connectivity index (χ0v) is 40.0. The normalized spacial score (nSPS) is 14.2. The maximum Gasteiger partial charge on any atom is 0.407 e. The van der Waals surface area contributed by atoms with Crippen LogP contribution in [0.2, 0.25) is 0 Å². The lowest BCUT2D eigenvalue weighted by Crippen LogP contribution is -2.56.